The van der Waals surface area contributed by atoms with Crippen molar-refractivity contribution in [3.05, 3.63) is 23.1 Å². The maximum absolute atomic E-state index is 9.87. The number of hydrogen-bond acceptors (Lipinski definition) is 3. The smallest absolute Gasteiger partial charge is 0.198 e. The maximum Gasteiger partial charge on any atom is 0.198 e. The second kappa shape index (κ2) is 3.70. The molecule has 4 heteroatoms. The van der Waals surface area contributed by atoms with E-state index in [2.05, 4.69) is 0 Å². The van der Waals surface area contributed by atoms with Gasteiger partial charge in [0.15, 0.2) is 5.22 Å². The highest BCUT2D eigenvalue weighted by Gasteiger charge is 2.27. The van der Waals surface area contributed by atoms with Crippen LogP contribution in [0.5, 0.6) is 0 Å². The van der Waals surface area contributed by atoms with E-state index in [0.717, 1.165) is 13.0 Å². The SMILES string of the molecule is OC(c1ccoc1Cl)C1CCOC1. The van der Waals surface area contributed by atoms with Gasteiger partial charge in [-0.15, -0.1) is 0 Å². The van der Waals surface area contributed by atoms with Crippen LogP contribution >= 0.6 is 11.6 Å². The van der Waals surface area contributed by atoms with Crippen LogP contribution in [-0.4, -0.2) is 18.3 Å². The molecule has 0 amide bonds. The topological polar surface area (TPSA) is 42.6 Å². The highest BCUT2D eigenvalue weighted by atomic mass is 35.5. The van der Waals surface area contributed by atoms with E-state index in [1.54, 1.807) is 6.07 Å². The van der Waals surface area contributed by atoms with Gasteiger partial charge in [0.1, 0.15) is 0 Å². The molecule has 1 aromatic heterocycles. The molecule has 72 valence electrons. The molecule has 0 radical (unpaired) electrons. The summed E-state index contributed by atoms with van der Waals surface area (Å²) in [7, 11) is 0. The molecular formula is C9H11ClO3. The first-order chi connectivity index (χ1) is 6.29. The van der Waals surface area contributed by atoms with Gasteiger partial charge in [0, 0.05) is 18.1 Å². The first-order valence-electron chi connectivity index (χ1n) is 4.27. The predicted octanol–water partition coefficient (Wildman–Crippen LogP) is 2.00. The molecule has 1 aliphatic heterocycles. The quantitative estimate of drug-likeness (QED) is 0.798. The average molecular weight is 203 g/mol. The Morgan fingerprint density at radius 1 is 1.62 bits per heavy atom. The maximum atomic E-state index is 9.87. The summed E-state index contributed by atoms with van der Waals surface area (Å²) < 4.78 is 10.1. The van der Waals surface area contributed by atoms with Crippen LogP contribution in [0.1, 0.15) is 18.1 Å². The third kappa shape index (κ3) is 1.73. The summed E-state index contributed by atoms with van der Waals surface area (Å²) >= 11 is 5.75. The van der Waals surface area contributed by atoms with Crippen molar-refractivity contribution in [2.45, 2.75) is 12.5 Å². The minimum Gasteiger partial charge on any atom is -0.453 e. The number of aliphatic hydroxyl groups excluding tert-OH is 1. The van der Waals surface area contributed by atoms with E-state index in [1.165, 1.54) is 6.26 Å². The van der Waals surface area contributed by atoms with Crippen molar-refractivity contribution >= 4 is 11.6 Å². The Morgan fingerprint density at radius 2 is 2.46 bits per heavy atom. The summed E-state index contributed by atoms with van der Waals surface area (Å²) in [6.07, 6.45) is 1.80. The molecule has 3 nitrogen and oxygen atoms in total. The number of aliphatic hydroxyl groups is 1. The lowest BCUT2D eigenvalue weighted by Crippen LogP contribution is -2.11. The fourth-order valence-corrected chi connectivity index (χ4v) is 1.80. The molecular weight excluding hydrogens is 192 g/mol. The molecule has 1 N–H and O–H groups in total. The number of halogens is 1. The third-order valence-corrected chi connectivity index (χ3v) is 2.68. The Labute approximate surface area is 81.3 Å². The van der Waals surface area contributed by atoms with Crippen molar-refractivity contribution in [2.24, 2.45) is 5.92 Å². The van der Waals surface area contributed by atoms with Gasteiger partial charge >= 0.3 is 0 Å². The zero-order valence-electron chi connectivity index (χ0n) is 7.07. The van der Waals surface area contributed by atoms with Gasteiger partial charge in [-0.05, 0) is 24.1 Å². The Hall–Kier alpha value is -0.510. The van der Waals surface area contributed by atoms with Crippen LogP contribution in [0.25, 0.3) is 0 Å². The lowest BCUT2D eigenvalue weighted by atomic mass is 9.97. The molecule has 2 unspecified atom stereocenters. The van der Waals surface area contributed by atoms with Crippen molar-refractivity contribution in [1.82, 2.24) is 0 Å². The lowest BCUT2D eigenvalue weighted by Gasteiger charge is -2.14. The van der Waals surface area contributed by atoms with E-state index < -0.39 is 6.10 Å². The minimum absolute atomic E-state index is 0.148. The Kier molecular flexibility index (Phi) is 2.58. The Bertz CT molecular complexity index is 278. The van der Waals surface area contributed by atoms with Crippen LogP contribution in [0.3, 0.4) is 0 Å². The predicted molar refractivity (Wildman–Crippen MR) is 47.6 cm³/mol. The summed E-state index contributed by atoms with van der Waals surface area (Å²) in [5, 5.41) is 10.1. The molecule has 1 aromatic rings. The third-order valence-electron chi connectivity index (χ3n) is 2.38. The van der Waals surface area contributed by atoms with E-state index in [9.17, 15) is 5.11 Å². The lowest BCUT2D eigenvalue weighted by molar-refractivity contribution is 0.0914. The van der Waals surface area contributed by atoms with Gasteiger partial charge in [0.25, 0.3) is 0 Å². The van der Waals surface area contributed by atoms with E-state index >= 15 is 0 Å². The van der Waals surface area contributed by atoms with Crippen LogP contribution in [0.4, 0.5) is 0 Å². The van der Waals surface area contributed by atoms with Gasteiger partial charge in [-0.3, -0.25) is 0 Å². The van der Waals surface area contributed by atoms with E-state index in [0.29, 0.717) is 12.2 Å². The fraction of sp³-hybridized carbons (Fsp3) is 0.556. The number of ether oxygens (including phenoxy) is 1. The molecule has 2 heterocycles. The second-order valence-corrected chi connectivity index (χ2v) is 3.56. The minimum atomic E-state index is -0.561. The standard InChI is InChI=1S/C9H11ClO3/c10-9-7(2-4-13-9)8(11)6-1-3-12-5-6/h2,4,6,8,11H,1,3,5H2. The van der Waals surface area contributed by atoms with Crippen LogP contribution in [0.15, 0.2) is 16.7 Å². The highest BCUT2D eigenvalue weighted by molar-refractivity contribution is 6.29. The fourth-order valence-electron chi connectivity index (χ4n) is 1.57. The largest absolute Gasteiger partial charge is 0.453 e. The van der Waals surface area contributed by atoms with Gasteiger partial charge in [0.2, 0.25) is 0 Å². The van der Waals surface area contributed by atoms with Gasteiger partial charge in [0.05, 0.1) is 19.0 Å². The van der Waals surface area contributed by atoms with Crippen molar-refractivity contribution in [1.29, 1.82) is 0 Å². The molecule has 0 aliphatic carbocycles. The van der Waals surface area contributed by atoms with Crippen LogP contribution < -0.4 is 0 Å². The van der Waals surface area contributed by atoms with Gasteiger partial charge in [-0.1, -0.05) is 0 Å². The number of hydrogen-bond donors (Lipinski definition) is 1. The van der Waals surface area contributed by atoms with Crippen molar-refractivity contribution in [3.63, 3.8) is 0 Å². The molecule has 13 heavy (non-hydrogen) atoms. The highest BCUT2D eigenvalue weighted by Crippen LogP contribution is 2.33. The first kappa shape index (κ1) is 9.06. The molecule has 0 aromatic carbocycles. The molecule has 1 saturated heterocycles. The Balaban J connectivity index is 2.12. The zero-order valence-corrected chi connectivity index (χ0v) is 7.83. The zero-order chi connectivity index (χ0) is 9.26. The van der Waals surface area contributed by atoms with Gasteiger partial charge in [-0.2, -0.15) is 0 Å². The molecule has 1 aliphatic rings. The molecule has 0 saturated carbocycles. The van der Waals surface area contributed by atoms with Crippen molar-refractivity contribution < 1.29 is 14.3 Å². The normalized spacial score (nSPS) is 24.9. The molecule has 1 fully saturated rings. The van der Waals surface area contributed by atoms with Crippen LogP contribution in [0, 0.1) is 5.92 Å². The summed E-state index contributed by atoms with van der Waals surface area (Å²) in [6.45, 7) is 1.32. The van der Waals surface area contributed by atoms with Gasteiger partial charge in [-0.25, -0.2) is 0 Å². The van der Waals surface area contributed by atoms with Crippen LogP contribution in [-0.2, 0) is 4.74 Å². The molecule has 2 atom stereocenters. The average Bonchev–Trinajstić information content (AvgIpc) is 2.72. The molecule has 0 spiro atoms. The van der Waals surface area contributed by atoms with E-state index in [1.807, 2.05) is 0 Å². The Morgan fingerprint density at radius 3 is 3.00 bits per heavy atom. The summed E-state index contributed by atoms with van der Waals surface area (Å²) in [5.74, 6) is 0.148. The number of furan rings is 1. The van der Waals surface area contributed by atoms with Crippen molar-refractivity contribution in [2.75, 3.05) is 13.2 Å². The van der Waals surface area contributed by atoms with E-state index in [4.69, 9.17) is 20.8 Å². The van der Waals surface area contributed by atoms with Crippen molar-refractivity contribution in [3.8, 4) is 0 Å². The van der Waals surface area contributed by atoms with Gasteiger partial charge < -0.3 is 14.3 Å². The van der Waals surface area contributed by atoms with E-state index in [-0.39, 0.29) is 11.1 Å². The monoisotopic (exact) mass is 202 g/mol. The van der Waals surface area contributed by atoms with Crippen LogP contribution in [0.2, 0.25) is 5.22 Å². The number of rotatable bonds is 2. The first-order valence-corrected chi connectivity index (χ1v) is 4.65. The summed E-state index contributed by atoms with van der Waals surface area (Å²) in [6, 6.07) is 1.70. The second-order valence-electron chi connectivity index (χ2n) is 3.22. The molecule has 0 bridgehead atoms. The summed E-state index contributed by atoms with van der Waals surface area (Å²) in [4.78, 5) is 0. The molecule has 2 rings (SSSR count). The summed E-state index contributed by atoms with van der Waals surface area (Å²) in [5.41, 5.74) is 0.664.